The first-order valence-electron chi connectivity index (χ1n) is 11.2. The number of piperidine rings is 1. The topological polar surface area (TPSA) is 107 Å². The average molecular weight is 480 g/mol. The monoisotopic (exact) mass is 479 g/mol. The van der Waals surface area contributed by atoms with Crippen LogP contribution >= 0.6 is 0 Å². The van der Waals surface area contributed by atoms with E-state index in [0.717, 1.165) is 6.42 Å². The number of anilines is 1. The normalized spacial score (nSPS) is 17.5. The van der Waals surface area contributed by atoms with E-state index in [9.17, 15) is 14.0 Å². The zero-order chi connectivity index (χ0) is 24.9. The summed E-state index contributed by atoms with van der Waals surface area (Å²) in [6.45, 7) is 2.21. The summed E-state index contributed by atoms with van der Waals surface area (Å²) in [7, 11) is 2.74. The molecule has 3 aromatic rings. The number of ether oxygens (including phenoxy) is 2. The highest BCUT2D eigenvalue weighted by Gasteiger charge is 2.33. The van der Waals surface area contributed by atoms with E-state index in [-0.39, 0.29) is 35.6 Å². The number of hydrogen-bond donors (Lipinski definition) is 1. The van der Waals surface area contributed by atoms with Crippen LogP contribution in [0, 0.1) is 5.82 Å². The quantitative estimate of drug-likeness (QED) is 0.535. The van der Waals surface area contributed by atoms with Crippen molar-refractivity contribution in [2.75, 3.05) is 26.1 Å². The Bertz CT molecular complexity index is 1220. The number of halogens is 1. The highest BCUT2D eigenvalue weighted by molar-refractivity contribution is 6.01. The Morgan fingerprint density at radius 1 is 1.03 bits per heavy atom. The molecule has 0 saturated carbocycles. The van der Waals surface area contributed by atoms with Gasteiger partial charge in [0.2, 0.25) is 0 Å². The molecule has 4 rings (SSSR count). The molecule has 10 heteroatoms. The first-order chi connectivity index (χ1) is 16.9. The van der Waals surface area contributed by atoms with Gasteiger partial charge in [-0.2, -0.15) is 0 Å². The van der Waals surface area contributed by atoms with Gasteiger partial charge >= 0.3 is 5.97 Å². The number of nitrogens with zero attached hydrogens (tertiary/aromatic N) is 4. The number of methoxy groups -OCH3 is 2. The second-order valence-corrected chi connectivity index (χ2v) is 8.19. The van der Waals surface area contributed by atoms with Gasteiger partial charge in [-0.3, -0.25) is 4.79 Å². The Kier molecular flexibility index (Phi) is 7.19. The number of hydrogen-bond acceptors (Lipinski definition) is 8. The van der Waals surface area contributed by atoms with E-state index in [1.807, 2.05) is 6.92 Å². The summed E-state index contributed by atoms with van der Waals surface area (Å²) in [5, 5.41) is 3.25. The fourth-order valence-corrected chi connectivity index (χ4v) is 4.23. The van der Waals surface area contributed by atoms with Crippen molar-refractivity contribution >= 4 is 17.7 Å². The summed E-state index contributed by atoms with van der Waals surface area (Å²) in [5.41, 5.74) is 0.438. The number of amides is 1. The largest absolute Gasteiger partial charge is 0.496 e. The molecular weight excluding hydrogens is 453 g/mol. The molecule has 9 nitrogen and oxygen atoms in total. The number of carbonyl (C=O) groups excluding carboxylic acids is 2. The van der Waals surface area contributed by atoms with Crippen LogP contribution in [0.5, 0.6) is 5.75 Å². The van der Waals surface area contributed by atoms with Crippen LogP contribution in [0.1, 0.15) is 40.5 Å². The van der Waals surface area contributed by atoms with Gasteiger partial charge in [0.15, 0.2) is 5.82 Å². The highest BCUT2D eigenvalue weighted by Crippen LogP contribution is 2.30. The summed E-state index contributed by atoms with van der Waals surface area (Å²) in [6.07, 6.45) is 6.01. The standard InChI is InChI=1S/C25H26FN5O4/c1-15-8-9-16(30-23-21(25(33)35-3)19(34-2)10-13-29-23)14-31(15)24(32)20-17(6-4-7-18(20)26)22-27-11-5-12-28-22/h4-7,10-13,15-16H,8-9,14H2,1-3H3,(H,29,30)/t15-,16-/m1/s1. The van der Waals surface area contributed by atoms with E-state index >= 15 is 0 Å². The Labute approximate surface area is 202 Å². The average Bonchev–Trinajstić information content (AvgIpc) is 2.89. The van der Waals surface area contributed by atoms with Crippen molar-refractivity contribution in [2.45, 2.75) is 31.8 Å². The molecule has 3 heterocycles. The van der Waals surface area contributed by atoms with Crippen LogP contribution < -0.4 is 10.1 Å². The van der Waals surface area contributed by atoms with Gasteiger partial charge in [-0.05, 0) is 38.0 Å². The van der Waals surface area contributed by atoms with Gasteiger partial charge in [-0.1, -0.05) is 12.1 Å². The lowest BCUT2D eigenvalue weighted by atomic mass is 9.96. The van der Waals surface area contributed by atoms with Crippen molar-refractivity contribution in [1.82, 2.24) is 19.9 Å². The van der Waals surface area contributed by atoms with Crippen LogP contribution in [0.3, 0.4) is 0 Å². The molecule has 0 radical (unpaired) electrons. The fraction of sp³-hybridized carbons (Fsp3) is 0.320. The van der Waals surface area contributed by atoms with Gasteiger partial charge in [0.05, 0.1) is 19.8 Å². The van der Waals surface area contributed by atoms with Gasteiger partial charge in [0, 0.05) is 42.8 Å². The molecule has 1 aliphatic heterocycles. The lowest BCUT2D eigenvalue weighted by Crippen LogP contribution is -2.50. The van der Waals surface area contributed by atoms with E-state index in [1.54, 1.807) is 35.5 Å². The predicted molar refractivity (Wildman–Crippen MR) is 127 cm³/mol. The van der Waals surface area contributed by atoms with Crippen molar-refractivity contribution in [3.63, 3.8) is 0 Å². The third-order valence-corrected chi connectivity index (χ3v) is 6.04. The second kappa shape index (κ2) is 10.5. The van der Waals surface area contributed by atoms with Crippen molar-refractivity contribution in [1.29, 1.82) is 0 Å². The maximum atomic E-state index is 15.0. The SMILES string of the molecule is COC(=O)c1c(OC)ccnc1N[C@@H]1CC[C@@H](C)N(C(=O)c2c(F)cccc2-c2ncccn2)C1. The number of esters is 1. The number of nitrogens with one attached hydrogen (secondary N) is 1. The summed E-state index contributed by atoms with van der Waals surface area (Å²) >= 11 is 0. The van der Waals surface area contributed by atoms with E-state index in [1.165, 1.54) is 32.5 Å². The highest BCUT2D eigenvalue weighted by atomic mass is 19.1. The predicted octanol–water partition coefficient (Wildman–Crippen LogP) is 3.58. The van der Waals surface area contributed by atoms with E-state index in [4.69, 9.17) is 9.47 Å². The maximum absolute atomic E-state index is 15.0. The molecule has 2 atom stereocenters. The van der Waals surface area contributed by atoms with Crippen LogP contribution in [0.15, 0.2) is 48.9 Å². The zero-order valence-corrected chi connectivity index (χ0v) is 19.7. The molecular formula is C25H26FN5O4. The van der Waals surface area contributed by atoms with Gasteiger partial charge < -0.3 is 19.7 Å². The minimum absolute atomic E-state index is 0.0686. The Morgan fingerprint density at radius 2 is 1.80 bits per heavy atom. The second-order valence-electron chi connectivity index (χ2n) is 8.19. The summed E-state index contributed by atoms with van der Waals surface area (Å²) < 4.78 is 25.2. The number of rotatable bonds is 6. The van der Waals surface area contributed by atoms with Crippen LogP contribution in [-0.2, 0) is 4.74 Å². The Balaban J connectivity index is 1.63. The molecule has 1 aromatic carbocycles. The number of pyridine rings is 1. The van der Waals surface area contributed by atoms with Crippen LogP contribution in [0.2, 0.25) is 0 Å². The lowest BCUT2D eigenvalue weighted by Gasteiger charge is -2.39. The third kappa shape index (κ3) is 4.91. The van der Waals surface area contributed by atoms with Gasteiger partial charge in [0.25, 0.3) is 5.91 Å². The Morgan fingerprint density at radius 3 is 2.51 bits per heavy atom. The minimum atomic E-state index is -0.635. The molecule has 1 N–H and O–H groups in total. The van der Waals surface area contributed by atoms with Crippen molar-refractivity contribution in [3.8, 4) is 17.1 Å². The van der Waals surface area contributed by atoms with Gasteiger partial charge in [-0.15, -0.1) is 0 Å². The summed E-state index contributed by atoms with van der Waals surface area (Å²) in [4.78, 5) is 40.3. The van der Waals surface area contributed by atoms with Crippen LogP contribution in [-0.4, -0.2) is 64.6 Å². The van der Waals surface area contributed by atoms with E-state index in [0.29, 0.717) is 23.6 Å². The van der Waals surface area contributed by atoms with E-state index in [2.05, 4.69) is 20.3 Å². The van der Waals surface area contributed by atoms with Crippen LogP contribution in [0.25, 0.3) is 11.4 Å². The molecule has 1 saturated heterocycles. The van der Waals surface area contributed by atoms with Gasteiger partial charge in [0.1, 0.15) is 22.9 Å². The molecule has 0 aliphatic carbocycles. The smallest absolute Gasteiger partial charge is 0.345 e. The maximum Gasteiger partial charge on any atom is 0.345 e. The molecule has 0 spiro atoms. The number of carbonyl (C=O) groups is 2. The number of likely N-dealkylation sites (tertiary alicyclic amines) is 1. The summed E-state index contributed by atoms with van der Waals surface area (Å²) in [5.74, 6) is -0.773. The third-order valence-electron chi connectivity index (χ3n) is 6.04. The van der Waals surface area contributed by atoms with Gasteiger partial charge in [-0.25, -0.2) is 24.1 Å². The molecule has 1 fully saturated rings. The first-order valence-corrected chi connectivity index (χ1v) is 11.2. The molecule has 0 bridgehead atoms. The number of benzene rings is 1. The molecule has 35 heavy (non-hydrogen) atoms. The van der Waals surface area contributed by atoms with E-state index < -0.39 is 17.7 Å². The first kappa shape index (κ1) is 24.1. The zero-order valence-electron chi connectivity index (χ0n) is 19.7. The minimum Gasteiger partial charge on any atom is -0.496 e. The Hall–Kier alpha value is -4.08. The van der Waals surface area contributed by atoms with Crippen molar-refractivity contribution in [3.05, 3.63) is 65.9 Å². The molecule has 0 unspecified atom stereocenters. The molecule has 1 amide bonds. The molecule has 2 aromatic heterocycles. The van der Waals surface area contributed by atoms with Crippen molar-refractivity contribution in [2.24, 2.45) is 0 Å². The fourth-order valence-electron chi connectivity index (χ4n) is 4.23. The van der Waals surface area contributed by atoms with Crippen molar-refractivity contribution < 1.29 is 23.5 Å². The number of aromatic nitrogens is 3. The molecule has 182 valence electrons. The molecule has 1 aliphatic rings. The summed E-state index contributed by atoms with van der Waals surface area (Å²) in [6, 6.07) is 7.30. The van der Waals surface area contributed by atoms with Crippen LogP contribution in [0.4, 0.5) is 10.2 Å². The lowest BCUT2D eigenvalue weighted by molar-refractivity contribution is 0.0590.